The van der Waals surface area contributed by atoms with Crippen LogP contribution in [0.1, 0.15) is 60.3 Å². The highest BCUT2D eigenvalue weighted by molar-refractivity contribution is 14.0. The van der Waals surface area contributed by atoms with E-state index in [2.05, 4.69) is 22.5 Å². The minimum atomic E-state index is -0.467. The van der Waals surface area contributed by atoms with Crippen molar-refractivity contribution in [3.63, 3.8) is 0 Å². The predicted molar refractivity (Wildman–Crippen MR) is 119 cm³/mol. The van der Waals surface area contributed by atoms with Gasteiger partial charge >= 0.3 is 6.09 Å². The minimum Gasteiger partial charge on any atom is -0.444 e. The SMILES string of the molecule is CCNC(=NCC1(C)CCCO1)NCCN(C(=O)OC(C)(C)C)C1CC1.I. The first-order valence-corrected chi connectivity index (χ1v) is 9.88. The average molecular weight is 496 g/mol. The molecule has 1 heterocycles. The van der Waals surface area contributed by atoms with Gasteiger partial charge in [-0.05, 0) is 60.3 Å². The van der Waals surface area contributed by atoms with Gasteiger partial charge in [-0.1, -0.05) is 0 Å². The van der Waals surface area contributed by atoms with Crippen LogP contribution in [-0.2, 0) is 9.47 Å². The molecule has 2 rings (SSSR count). The van der Waals surface area contributed by atoms with Crippen LogP contribution < -0.4 is 10.6 Å². The zero-order chi connectivity index (χ0) is 19.2. The molecule has 0 bridgehead atoms. The van der Waals surface area contributed by atoms with Gasteiger partial charge in [0, 0.05) is 32.3 Å². The summed E-state index contributed by atoms with van der Waals surface area (Å²) >= 11 is 0. The molecule has 2 aliphatic rings. The number of hydrogen-bond donors (Lipinski definition) is 2. The Morgan fingerprint density at radius 2 is 2.04 bits per heavy atom. The van der Waals surface area contributed by atoms with Crippen LogP contribution in [0.25, 0.3) is 0 Å². The van der Waals surface area contributed by atoms with Crippen molar-refractivity contribution < 1.29 is 14.3 Å². The molecule has 1 unspecified atom stereocenters. The van der Waals surface area contributed by atoms with E-state index >= 15 is 0 Å². The Morgan fingerprint density at radius 1 is 1.33 bits per heavy atom. The number of halogens is 1. The van der Waals surface area contributed by atoms with Crippen molar-refractivity contribution in [2.75, 3.05) is 32.8 Å². The van der Waals surface area contributed by atoms with Gasteiger partial charge in [-0.15, -0.1) is 24.0 Å². The molecule has 1 amide bonds. The second-order valence-corrected chi connectivity index (χ2v) is 8.43. The molecule has 7 nitrogen and oxygen atoms in total. The fourth-order valence-corrected chi connectivity index (χ4v) is 2.97. The Morgan fingerprint density at radius 3 is 2.56 bits per heavy atom. The molecule has 1 aliphatic carbocycles. The highest BCUT2D eigenvalue weighted by Crippen LogP contribution is 2.28. The zero-order valence-electron chi connectivity index (χ0n) is 17.5. The second kappa shape index (κ2) is 10.7. The highest BCUT2D eigenvalue weighted by atomic mass is 127. The van der Waals surface area contributed by atoms with Gasteiger partial charge in [-0.2, -0.15) is 0 Å². The number of carbonyl (C=O) groups is 1. The van der Waals surface area contributed by atoms with E-state index in [9.17, 15) is 4.79 Å². The summed E-state index contributed by atoms with van der Waals surface area (Å²) in [7, 11) is 0. The van der Waals surface area contributed by atoms with Crippen LogP contribution in [0.4, 0.5) is 4.79 Å². The summed E-state index contributed by atoms with van der Waals surface area (Å²) in [5, 5.41) is 6.59. The van der Waals surface area contributed by atoms with Crippen molar-refractivity contribution in [2.45, 2.75) is 77.5 Å². The van der Waals surface area contributed by atoms with Gasteiger partial charge in [0.25, 0.3) is 0 Å². The van der Waals surface area contributed by atoms with Crippen molar-refractivity contribution >= 4 is 36.0 Å². The minimum absolute atomic E-state index is 0. The van der Waals surface area contributed by atoms with Gasteiger partial charge in [-0.3, -0.25) is 4.99 Å². The van der Waals surface area contributed by atoms with Crippen LogP contribution in [0.2, 0.25) is 0 Å². The number of amides is 1. The largest absolute Gasteiger partial charge is 0.444 e. The first-order valence-electron chi connectivity index (χ1n) is 9.88. The quantitative estimate of drug-likeness (QED) is 0.322. The van der Waals surface area contributed by atoms with Crippen LogP contribution >= 0.6 is 24.0 Å². The smallest absolute Gasteiger partial charge is 0.410 e. The lowest BCUT2D eigenvalue weighted by molar-refractivity contribution is 0.0238. The molecule has 2 fully saturated rings. The fourth-order valence-electron chi connectivity index (χ4n) is 2.97. The number of nitrogens with one attached hydrogen (secondary N) is 2. The molecule has 27 heavy (non-hydrogen) atoms. The molecule has 1 saturated carbocycles. The van der Waals surface area contributed by atoms with Crippen molar-refractivity contribution in [3.8, 4) is 0 Å². The lowest BCUT2D eigenvalue weighted by Crippen LogP contribution is -2.45. The van der Waals surface area contributed by atoms with Crippen LogP contribution in [0.15, 0.2) is 4.99 Å². The highest BCUT2D eigenvalue weighted by Gasteiger charge is 2.35. The molecule has 0 spiro atoms. The number of ether oxygens (including phenoxy) is 2. The molecular weight excluding hydrogens is 459 g/mol. The van der Waals surface area contributed by atoms with E-state index in [0.717, 1.165) is 44.8 Å². The molecule has 158 valence electrons. The summed E-state index contributed by atoms with van der Waals surface area (Å²) in [6.45, 7) is 13.4. The van der Waals surface area contributed by atoms with E-state index in [1.165, 1.54) is 0 Å². The fraction of sp³-hybridized carbons (Fsp3) is 0.895. The lowest BCUT2D eigenvalue weighted by Gasteiger charge is -2.27. The summed E-state index contributed by atoms with van der Waals surface area (Å²) in [6.07, 6.45) is 4.04. The Bertz CT molecular complexity index is 498. The Hall–Kier alpha value is -0.770. The molecule has 2 N–H and O–H groups in total. The summed E-state index contributed by atoms with van der Waals surface area (Å²) in [6, 6.07) is 0.317. The van der Waals surface area contributed by atoms with Crippen LogP contribution in [-0.4, -0.2) is 67.0 Å². The third kappa shape index (κ3) is 8.85. The van der Waals surface area contributed by atoms with Gasteiger partial charge in [-0.25, -0.2) is 4.79 Å². The van der Waals surface area contributed by atoms with Gasteiger partial charge < -0.3 is 25.0 Å². The first-order chi connectivity index (χ1) is 12.2. The Kier molecular flexibility index (Phi) is 9.61. The van der Waals surface area contributed by atoms with Crippen molar-refractivity contribution in [1.29, 1.82) is 0 Å². The van der Waals surface area contributed by atoms with Gasteiger partial charge in [0.05, 0.1) is 12.1 Å². The van der Waals surface area contributed by atoms with Gasteiger partial charge in [0.15, 0.2) is 5.96 Å². The van der Waals surface area contributed by atoms with Crippen LogP contribution in [0.5, 0.6) is 0 Å². The molecule has 0 aromatic rings. The summed E-state index contributed by atoms with van der Waals surface area (Å²) < 4.78 is 11.3. The van der Waals surface area contributed by atoms with E-state index in [1.54, 1.807) is 0 Å². The first kappa shape index (κ1) is 24.3. The Labute approximate surface area is 181 Å². The monoisotopic (exact) mass is 496 g/mol. The van der Waals surface area contributed by atoms with Crippen LogP contribution in [0, 0.1) is 0 Å². The molecule has 0 aromatic carbocycles. The normalized spacial score (nSPS) is 22.8. The molecule has 0 aromatic heterocycles. The van der Waals surface area contributed by atoms with Crippen molar-refractivity contribution in [3.05, 3.63) is 0 Å². The maximum Gasteiger partial charge on any atom is 0.410 e. The van der Waals surface area contributed by atoms with E-state index in [-0.39, 0.29) is 35.7 Å². The molecule has 8 heteroatoms. The number of guanidine groups is 1. The third-order valence-electron chi connectivity index (χ3n) is 4.48. The Balaban J connectivity index is 0.00000364. The molecular formula is C19H37IN4O3. The topological polar surface area (TPSA) is 75.2 Å². The summed E-state index contributed by atoms with van der Waals surface area (Å²) in [4.78, 5) is 18.9. The van der Waals surface area contributed by atoms with E-state index in [4.69, 9.17) is 9.47 Å². The molecule has 0 radical (unpaired) electrons. The standard InChI is InChI=1S/C19H36N4O3.HI/c1-6-20-16(22-14-19(5)10-7-13-25-19)21-11-12-23(15-8-9-15)17(24)26-18(2,3)4;/h15H,6-14H2,1-5H3,(H2,20,21,22);1H. The van der Waals surface area contributed by atoms with Crippen molar-refractivity contribution in [2.24, 2.45) is 4.99 Å². The molecule has 1 aliphatic heterocycles. The maximum atomic E-state index is 12.4. The lowest BCUT2D eigenvalue weighted by atomic mass is 10.0. The predicted octanol–water partition coefficient (Wildman–Crippen LogP) is 3.13. The number of aliphatic imine (C=N–C) groups is 1. The van der Waals surface area contributed by atoms with E-state index in [0.29, 0.717) is 25.7 Å². The number of nitrogens with zero attached hydrogens (tertiary/aromatic N) is 2. The average Bonchev–Trinajstić information content (AvgIpc) is 3.28. The van der Waals surface area contributed by atoms with Crippen molar-refractivity contribution in [1.82, 2.24) is 15.5 Å². The number of rotatable bonds is 7. The summed E-state index contributed by atoms with van der Waals surface area (Å²) in [5.41, 5.74) is -0.621. The van der Waals surface area contributed by atoms with Gasteiger partial charge in [0.1, 0.15) is 5.60 Å². The second-order valence-electron chi connectivity index (χ2n) is 8.43. The molecule has 1 atom stereocenters. The molecule has 1 saturated heterocycles. The number of hydrogen-bond acceptors (Lipinski definition) is 4. The maximum absolute atomic E-state index is 12.4. The van der Waals surface area contributed by atoms with E-state index in [1.807, 2.05) is 32.6 Å². The van der Waals surface area contributed by atoms with E-state index < -0.39 is 5.60 Å². The van der Waals surface area contributed by atoms with Crippen LogP contribution in [0.3, 0.4) is 0 Å². The zero-order valence-corrected chi connectivity index (χ0v) is 19.8. The third-order valence-corrected chi connectivity index (χ3v) is 4.48. The number of carbonyl (C=O) groups excluding carboxylic acids is 1. The summed E-state index contributed by atoms with van der Waals surface area (Å²) in [5.74, 6) is 0.768. The van der Waals surface area contributed by atoms with Gasteiger partial charge in [0.2, 0.25) is 0 Å².